The van der Waals surface area contributed by atoms with E-state index in [1.54, 1.807) is 6.92 Å². The molecule has 1 rings (SSSR count). The third-order valence-electron chi connectivity index (χ3n) is 2.80. The zero-order chi connectivity index (χ0) is 14.8. The van der Waals surface area contributed by atoms with Gasteiger partial charge in [0.05, 0.1) is 5.60 Å². The first-order valence-corrected chi connectivity index (χ1v) is 6.52. The lowest BCUT2D eigenvalue weighted by molar-refractivity contribution is -0.401. The van der Waals surface area contributed by atoms with E-state index >= 15 is 0 Å². The van der Waals surface area contributed by atoms with Crippen LogP contribution in [0.2, 0.25) is 0 Å². The molecule has 1 aromatic carbocycles. The van der Waals surface area contributed by atoms with E-state index in [2.05, 4.69) is 0 Å². The summed E-state index contributed by atoms with van der Waals surface area (Å²) >= 11 is 0. The fraction of sp³-hybridized carbons (Fsp3) is 0.562. The van der Waals surface area contributed by atoms with Crippen molar-refractivity contribution in [3.05, 3.63) is 34.9 Å². The van der Waals surface area contributed by atoms with Crippen molar-refractivity contribution in [2.45, 2.75) is 59.7 Å². The molecule has 0 amide bonds. The van der Waals surface area contributed by atoms with Crippen molar-refractivity contribution in [3.8, 4) is 0 Å². The molecule has 0 saturated carbocycles. The second-order valence-electron chi connectivity index (χ2n) is 6.38. The molecule has 3 nitrogen and oxygen atoms in total. The van der Waals surface area contributed by atoms with Gasteiger partial charge in [0.1, 0.15) is 5.60 Å². The molecule has 0 aromatic heterocycles. The molecule has 19 heavy (non-hydrogen) atoms. The van der Waals surface area contributed by atoms with E-state index in [1.807, 2.05) is 59.7 Å². The predicted molar refractivity (Wildman–Crippen MR) is 76.1 cm³/mol. The Kier molecular flexibility index (Phi) is 4.54. The lowest BCUT2D eigenvalue weighted by Crippen LogP contribution is -2.29. The quantitative estimate of drug-likeness (QED) is 0.465. The van der Waals surface area contributed by atoms with Crippen LogP contribution in [0.5, 0.6) is 0 Å². The summed E-state index contributed by atoms with van der Waals surface area (Å²) in [7, 11) is 0. The molecular formula is C16H24O3. The Bertz CT molecular complexity index is 467. The summed E-state index contributed by atoms with van der Waals surface area (Å²) in [6.45, 7) is 13.2. The zero-order valence-corrected chi connectivity index (χ0v) is 13.0. The van der Waals surface area contributed by atoms with Gasteiger partial charge < -0.3 is 0 Å². The minimum atomic E-state index is -0.562. The van der Waals surface area contributed by atoms with Gasteiger partial charge in [0.2, 0.25) is 0 Å². The Morgan fingerprint density at radius 2 is 1.63 bits per heavy atom. The monoisotopic (exact) mass is 264 g/mol. The fourth-order valence-corrected chi connectivity index (χ4v) is 1.71. The Hall–Kier alpha value is -1.19. The average Bonchev–Trinajstić information content (AvgIpc) is 2.25. The number of carbonyl (C=O) groups is 1. The molecule has 0 spiro atoms. The standard InChI is InChI=1S/C16H24O3/c1-11-10-13(8-9-14(11)12(2)17)16(6,7)19-18-15(3,4)5/h8-10H,1-7H3. The zero-order valence-electron chi connectivity index (χ0n) is 13.0. The highest BCUT2D eigenvalue weighted by Crippen LogP contribution is 2.28. The summed E-state index contributed by atoms with van der Waals surface area (Å²) in [5, 5.41) is 0. The predicted octanol–water partition coefficient (Wildman–Crippen LogP) is 4.18. The second-order valence-corrected chi connectivity index (χ2v) is 6.38. The molecule has 0 bridgehead atoms. The summed E-state index contributed by atoms with van der Waals surface area (Å²) in [5.41, 5.74) is 1.77. The van der Waals surface area contributed by atoms with Crippen molar-refractivity contribution >= 4 is 5.78 Å². The molecule has 0 aliphatic carbocycles. The summed E-state index contributed by atoms with van der Waals surface area (Å²) in [5.74, 6) is 0.0775. The first-order chi connectivity index (χ1) is 8.53. The van der Waals surface area contributed by atoms with Crippen molar-refractivity contribution in [1.29, 1.82) is 0 Å². The van der Waals surface area contributed by atoms with Crippen molar-refractivity contribution < 1.29 is 14.6 Å². The molecule has 0 radical (unpaired) electrons. The molecule has 3 heteroatoms. The van der Waals surface area contributed by atoms with E-state index in [-0.39, 0.29) is 11.4 Å². The molecule has 0 aliphatic rings. The van der Waals surface area contributed by atoms with Crippen molar-refractivity contribution in [3.63, 3.8) is 0 Å². The SMILES string of the molecule is CC(=O)c1ccc(C(C)(C)OOC(C)(C)C)cc1C. The molecule has 0 aliphatic heterocycles. The van der Waals surface area contributed by atoms with Crippen molar-refractivity contribution in [2.24, 2.45) is 0 Å². The highest BCUT2D eigenvalue weighted by atomic mass is 17.2. The van der Waals surface area contributed by atoms with Crippen LogP contribution in [0.15, 0.2) is 18.2 Å². The van der Waals surface area contributed by atoms with E-state index in [4.69, 9.17) is 9.78 Å². The topological polar surface area (TPSA) is 35.5 Å². The first kappa shape index (κ1) is 15.9. The third kappa shape index (κ3) is 4.44. The number of ketones is 1. The molecule has 0 N–H and O–H groups in total. The highest BCUT2D eigenvalue weighted by molar-refractivity contribution is 5.95. The van der Waals surface area contributed by atoms with Crippen LogP contribution in [0.1, 0.15) is 63.0 Å². The van der Waals surface area contributed by atoms with Gasteiger partial charge in [-0.05, 0) is 59.6 Å². The summed E-state index contributed by atoms with van der Waals surface area (Å²) in [4.78, 5) is 22.4. The van der Waals surface area contributed by atoms with Crippen LogP contribution in [0, 0.1) is 6.92 Å². The van der Waals surface area contributed by atoms with Crippen LogP contribution in [-0.4, -0.2) is 11.4 Å². The van der Waals surface area contributed by atoms with Gasteiger partial charge in [0.15, 0.2) is 5.78 Å². The van der Waals surface area contributed by atoms with E-state index in [0.717, 1.165) is 16.7 Å². The van der Waals surface area contributed by atoms with Crippen LogP contribution in [0.4, 0.5) is 0 Å². The first-order valence-electron chi connectivity index (χ1n) is 6.52. The van der Waals surface area contributed by atoms with Crippen LogP contribution in [0.3, 0.4) is 0 Å². The Labute approximate surface area is 115 Å². The van der Waals surface area contributed by atoms with E-state index in [0.29, 0.717) is 0 Å². The van der Waals surface area contributed by atoms with Gasteiger partial charge >= 0.3 is 0 Å². The van der Waals surface area contributed by atoms with E-state index in [1.165, 1.54) is 0 Å². The van der Waals surface area contributed by atoms with Gasteiger partial charge in [-0.2, -0.15) is 0 Å². The van der Waals surface area contributed by atoms with E-state index < -0.39 is 5.60 Å². The summed E-state index contributed by atoms with van der Waals surface area (Å²) < 4.78 is 0. The number of hydrogen-bond acceptors (Lipinski definition) is 3. The molecule has 0 heterocycles. The highest BCUT2D eigenvalue weighted by Gasteiger charge is 2.26. The van der Waals surface area contributed by atoms with Crippen LogP contribution in [0.25, 0.3) is 0 Å². The van der Waals surface area contributed by atoms with Crippen LogP contribution in [-0.2, 0) is 15.4 Å². The number of carbonyl (C=O) groups excluding carboxylic acids is 1. The van der Waals surface area contributed by atoms with Crippen LogP contribution >= 0.6 is 0 Å². The maximum Gasteiger partial charge on any atom is 0.160 e. The van der Waals surface area contributed by atoms with Gasteiger partial charge in [-0.3, -0.25) is 4.79 Å². The number of rotatable bonds is 4. The maximum absolute atomic E-state index is 11.4. The number of benzene rings is 1. The smallest absolute Gasteiger partial charge is 0.160 e. The number of Topliss-reactive ketones (excluding diaryl/α,β-unsaturated/α-hetero) is 1. The third-order valence-corrected chi connectivity index (χ3v) is 2.80. The minimum Gasteiger partial charge on any atom is -0.295 e. The Balaban J connectivity index is 2.96. The van der Waals surface area contributed by atoms with Gasteiger partial charge in [-0.15, -0.1) is 0 Å². The Morgan fingerprint density at radius 1 is 1.05 bits per heavy atom. The largest absolute Gasteiger partial charge is 0.295 e. The Morgan fingerprint density at radius 3 is 2.05 bits per heavy atom. The van der Waals surface area contributed by atoms with Gasteiger partial charge in [0, 0.05) is 5.56 Å². The van der Waals surface area contributed by atoms with E-state index in [9.17, 15) is 4.79 Å². The van der Waals surface area contributed by atoms with Gasteiger partial charge in [-0.1, -0.05) is 18.2 Å². The molecular weight excluding hydrogens is 240 g/mol. The minimum absolute atomic E-state index is 0.0775. The summed E-state index contributed by atoms with van der Waals surface area (Å²) in [6.07, 6.45) is 0. The molecule has 106 valence electrons. The second kappa shape index (κ2) is 5.43. The van der Waals surface area contributed by atoms with Gasteiger partial charge in [-0.25, -0.2) is 9.78 Å². The van der Waals surface area contributed by atoms with Crippen molar-refractivity contribution in [1.82, 2.24) is 0 Å². The van der Waals surface area contributed by atoms with Crippen LogP contribution < -0.4 is 0 Å². The number of aryl methyl sites for hydroxylation is 1. The van der Waals surface area contributed by atoms with Crippen molar-refractivity contribution in [2.75, 3.05) is 0 Å². The molecule has 0 saturated heterocycles. The lowest BCUT2D eigenvalue weighted by Gasteiger charge is -2.29. The average molecular weight is 264 g/mol. The molecule has 1 aromatic rings. The summed E-state index contributed by atoms with van der Waals surface area (Å²) in [6, 6.07) is 5.73. The maximum atomic E-state index is 11.4. The molecule has 0 fully saturated rings. The molecule has 0 unspecified atom stereocenters. The fourth-order valence-electron chi connectivity index (χ4n) is 1.71. The molecule has 0 atom stereocenters. The lowest BCUT2D eigenvalue weighted by atomic mass is 9.93. The normalized spacial score (nSPS) is 12.6. The number of hydrogen-bond donors (Lipinski definition) is 0. The van der Waals surface area contributed by atoms with Gasteiger partial charge in [0.25, 0.3) is 0 Å².